The van der Waals surface area contributed by atoms with Crippen LogP contribution in [-0.4, -0.2) is 11.7 Å². The minimum atomic E-state index is -0.715. The third-order valence-electron chi connectivity index (χ3n) is 3.59. The number of aliphatic hydroxyl groups excluding tert-OH is 1. The smallest absolute Gasteiger partial charge is 0.128 e. The number of fused-ring (bicyclic) bond motifs is 1. The Balaban J connectivity index is 2.11. The van der Waals surface area contributed by atoms with Gasteiger partial charge in [0.15, 0.2) is 0 Å². The van der Waals surface area contributed by atoms with E-state index in [4.69, 9.17) is 16.3 Å². The molecule has 0 saturated heterocycles. The second kappa shape index (κ2) is 5.54. The SMILES string of the molecule is Cc1cccc(C(O)c2cc(Cl)cc3c2OCC3)c1I. The first kappa shape index (κ1) is 14.2. The van der Waals surface area contributed by atoms with Gasteiger partial charge in [0.25, 0.3) is 0 Å². The average molecular weight is 401 g/mol. The zero-order valence-corrected chi connectivity index (χ0v) is 13.9. The van der Waals surface area contributed by atoms with Crippen molar-refractivity contribution in [3.63, 3.8) is 0 Å². The van der Waals surface area contributed by atoms with Crippen LogP contribution >= 0.6 is 34.2 Å². The van der Waals surface area contributed by atoms with E-state index in [2.05, 4.69) is 22.6 Å². The van der Waals surface area contributed by atoms with E-state index in [1.165, 1.54) is 0 Å². The fraction of sp³-hybridized carbons (Fsp3) is 0.250. The molecular weight excluding hydrogens is 387 g/mol. The average Bonchev–Trinajstić information content (AvgIpc) is 2.88. The number of hydrogen-bond acceptors (Lipinski definition) is 2. The maximum atomic E-state index is 10.7. The van der Waals surface area contributed by atoms with Crippen molar-refractivity contribution in [2.24, 2.45) is 0 Å². The van der Waals surface area contributed by atoms with Crippen molar-refractivity contribution in [2.45, 2.75) is 19.4 Å². The van der Waals surface area contributed by atoms with Gasteiger partial charge in [-0.25, -0.2) is 0 Å². The maximum absolute atomic E-state index is 10.7. The normalized spacial score (nSPS) is 14.8. The van der Waals surface area contributed by atoms with Crippen LogP contribution in [0.4, 0.5) is 0 Å². The van der Waals surface area contributed by atoms with E-state index < -0.39 is 6.10 Å². The van der Waals surface area contributed by atoms with Crippen LogP contribution < -0.4 is 4.74 Å². The van der Waals surface area contributed by atoms with Gasteiger partial charge in [-0.1, -0.05) is 29.8 Å². The highest BCUT2D eigenvalue weighted by Gasteiger charge is 2.24. The molecular formula is C16H14ClIO2. The molecule has 0 amide bonds. The van der Waals surface area contributed by atoms with Gasteiger partial charge in [-0.3, -0.25) is 0 Å². The minimum absolute atomic E-state index is 0.644. The van der Waals surface area contributed by atoms with Crippen LogP contribution in [0.25, 0.3) is 0 Å². The number of hydrogen-bond donors (Lipinski definition) is 1. The van der Waals surface area contributed by atoms with Gasteiger partial charge in [0, 0.05) is 20.6 Å². The summed E-state index contributed by atoms with van der Waals surface area (Å²) in [5.74, 6) is 0.791. The third-order valence-corrected chi connectivity index (χ3v) is 5.28. The molecule has 1 aliphatic heterocycles. The Kier molecular flexibility index (Phi) is 3.93. The quantitative estimate of drug-likeness (QED) is 0.763. The predicted octanol–water partition coefficient (Wildman–Crippen LogP) is 4.27. The molecule has 2 aromatic rings. The van der Waals surface area contributed by atoms with Gasteiger partial charge in [-0.15, -0.1) is 0 Å². The molecule has 1 heterocycles. The number of halogens is 2. The summed E-state index contributed by atoms with van der Waals surface area (Å²) in [7, 11) is 0. The number of aryl methyl sites for hydroxylation is 1. The molecule has 20 heavy (non-hydrogen) atoms. The lowest BCUT2D eigenvalue weighted by atomic mass is 9.97. The van der Waals surface area contributed by atoms with Crippen LogP contribution in [0.3, 0.4) is 0 Å². The highest BCUT2D eigenvalue weighted by molar-refractivity contribution is 14.1. The molecule has 3 rings (SSSR count). The van der Waals surface area contributed by atoms with Crippen molar-refractivity contribution in [1.82, 2.24) is 0 Å². The number of aliphatic hydroxyl groups is 1. The van der Waals surface area contributed by atoms with Gasteiger partial charge in [0.1, 0.15) is 11.9 Å². The van der Waals surface area contributed by atoms with E-state index in [9.17, 15) is 5.11 Å². The lowest BCUT2D eigenvalue weighted by molar-refractivity contribution is 0.213. The molecule has 1 N–H and O–H groups in total. The number of ether oxygens (including phenoxy) is 1. The van der Waals surface area contributed by atoms with E-state index in [0.717, 1.165) is 38.0 Å². The van der Waals surface area contributed by atoms with Gasteiger partial charge < -0.3 is 9.84 Å². The monoisotopic (exact) mass is 400 g/mol. The molecule has 0 aliphatic carbocycles. The third kappa shape index (κ3) is 2.43. The van der Waals surface area contributed by atoms with Gasteiger partial charge >= 0.3 is 0 Å². The standard InChI is InChI=1S/C16H14ClIO2/c1-9-3-2-4-12(14(9)18)15(19)13-8-11(17)7-10-5-6-20-16(10)13/h2-4,7-8,15,19H,5-6H2,1H3. The summed E-state index contributed by atoms with van der Waals surface area (Å²) in [6.07, 6.45) is 0.132. The summed E-state index contributed by atoms with van der Waals surface area (Å²) in [5.41, 5.74) is 3.88. The Morgan fingerprint density at radius 3 is 2.90 bits per heavy atom. The van der Waals surface area contributed by atoms with Crippen LogP contribution in [0.1, 0.15) is 28.4 Å². The van der Waals surface area contributed by atoms with Crippen LogP contribution in [0.2, 0.25) is 5.02 Å². The zero-order chi connectivity index (χ0) is 14.3. The van der Waals surface area contributed by atoms with Crippen molar-refractivity contribution >= 4 is 34.2 Å². The van der Waals surface area contributed by atoms with Crippen molar-refractivity contribution in [3.05, 3.63) is 61.2 Å². The summed E-state index contributed by atoms with van der Waals surface area (Å²) in [5, 5.41) is 11.4. The summed E-state index contributed by atoms with van der Waals surface area (Å²) < 4.78 is 6.75. The molecule has 2 aromatic carbocycles. The van der Waals surface area contributed by atoms with Crippen LogP contribution in [-0.2, 0) is 6.42 Å². The summed E-state index contributed by atoms with van der Waals surface area (Å²) in [4.78, 5) is 0. The summed E-state index contributed by atoms with van der Waals surface area (Å²) in [6, 6.07) is 9.66. The van der Waals surface area contributed by atoms with Gasteiger partial charge in [0.05, 0.1) is 6.61 Å². The van der Waals surface area contributed by atoms with E-state index in [-0.39, 0.29) is 0 Å². The highest BCUT2D eigenvalue weighted by atomic mass is 127. The van der Waals surface area contributed by atoms with E-state index >= 15 is 0 Å². The number of rotatable bonds is 2. The molecule has 2 nitrogen and oxygen atoms in total. The van der Waals surface area contributed by atoms with Gasteiger partial charge in [-0.2, -0.15) is 0 Å². The Morgan fingerprint density at radius 1 is 1.30 bits per heavy atom. The Morgan fingerprint density at radius 2 is 2.10 bits per heavy atom. The fourth-order valence-electron chi connectivity index (χ4n) is 2.55. The van der Waals surface area contributed by atoms with Crippen molar-refractivity contribution < 1.29 is 9.84 Å². The molecule has 1 unspecified atom stereocenters. The second-order valence-electron chi connectivity index (χ2n) is 4.96. The van der Waals surface area contributed by atoms with Gasteiger partial charge in [0.2, 0.25) is 0 Å². The van der Waals surface area contributed by atoms with Crippen LogP contribution in [0.5, 0.6) is 5.75 Å². The molecule has 1 atom stereocenters. The lowest BCUT2D eigenvalue weighted by Crippen LogP contribution is -2.05. The summed E-state index contributed by atoms with van der Waals surface area (Å²) >= 11 is 8.43. The van der Waals surface area contributed by atoms with E-state index in [0.29, 0.717) is 11.6 Å². The molecule has 1 aliphatic rings. The molecule has 0 saturated carbocycles. The Bertz CT molecular complexity index is 670. The van der Waals surface area contributed by atoms with Gasteiger partial charge in [-0.05, 0) is 58.3 Å². The molecule has 104 valence electrons. The fourth-order valence-corrected chi connectivity index (χ4v) is 3.45. The molecule has 0 bridgehead atoms. The maximum Gasteiger partial charge on any atom is 0.128 e. The molecule has 0 radical (unpaired) electrons. The molecule has 0 aromatic heterocycles. The first-order valence-corrected chi connectivity index (χ1v) is 7.92. The summed E-state index contributed by atoms with van der Waals surface area (Å²) in [6.45, 7) is 2.69. The first-order chi connectivity index (χ1) is 9.58. The van der Waals surface area contributed by atoms with E-state index in [1.54, 1.807) is 6.07 Å². The number of benzene rings is 2. The van der Waals surface area contributed by atoms with Crippen LogP contribution in [0, 0.1) is 10.5 Å². The lowest BCUT2D eigenvalue weighted by Gasteiger charge is -2.17. The highest BCUT2D eigenvalue weighted by Crippen LogP contribution is 2.39. The largest absolute Gasteiger partial charge is 0.493 e. The Labute approximate surface area is 136 Å². The van der Waals surface area contributed by atoms with Crippen molar-refractivity contribution in [2.75, 3.05) is 6.61 Å². The first-order valence-electron chi connectivity index (χ1n) is 6.46. The molecule has 0 fully saturated rings. The van der Waals surface area contributed by atoms with Crippen LogP contribution in [0.15, 0.2) is 30.3 Å². The van der Waals surface area contributed by atoms with E-state index in [1.807, 2.05) is 31.2 Å². The molecule has 0 spiro atoms. The Hall–Kier alpha value is -0.780. The topological polar surface area (TPSA) is 29.5 Å². The zero-order valence-electron chi connectivity index (χ0n) is 11.0. The van der Waals surface area contributed by atoms with Crippen molar-refractivity contribution in [1.29, 1.82) is 0 Å². The predicted molar refractivity (Wildman–Crippen MR) is 88.6 cm³/mol. The minimum Gasteiger partial charge on any atom is -0.493 e. The molecule has 4 heteroatoms. The second-order valence-corrected chi connectivity index (χ2v) is 6.48. The van der Waals surface area contributed by atoms with Crippen molar-refractivity contribution in [3.8, 4) is 5.75 Å².